The first-order valence-electron chi connectivity index (χ1n) is 12.1. The van der Waals surface area contributed by atoms with Crippen LogP contribution in [0.15, 0.2) is 46.9 Å². The number of nitrogens with one attached hydrogen (secondary N) is 1. The van der Waals surface area contributed by atoms with E-state index in [2.05, 4.69) is 37.8 Å². The Bertz CT molecular complexity index is 1220. The van der Waals surface area contributed by atoms with Crippen molar-refractivity contribution < 1.29 is 23.4 Å². The van der Waals surface area contributed by atoms with E-state index in [0.29, 0.717) is 15.7 Å². The van der Waals surface area contributed by atoms with Crippen molar-refractivity contribution in [3.8, 4) is 5.75 Å². The molecule has 1 aliphatic rings. The fourth-order valence-electron chi connectivity index (χ4n) is 5.15. The molecule has 0 radical (unpaired) electrons. The topological polar surface area (TPSA) is 62.7 Å². The van der Waals surface area contributed by atoms with Crippen LogP contribution in [0, 0.1) is 0 Å². The molecule has 0 saturated carbocycles. The lowest BCUT2D eigenvalue weighted by atomic mass is 9.73. The van der Waals surface area contributed by atoms with Crippen molar-refractivity contribution in [2.24, 2.45) is 0 Å². The number of benzene rings is 2. The van der Waals surface area contributed by atoms with Crippen molar-refractivity contribution in [1.82, 2.24) is 14.8 Å². The lowest BCUT2D eigenvalue weighted by molar-refractivity contribution is -0.266. The highest BCUT2D eigenvalue weighted by Gasteiger charge is 2.56. The summed E-state index contributed by atoms with van der Waals surface area (Å²) < 4.78 is 43.5. The number of aliphatic hydroxyl groups is 1. The van der Waals surface area contributed by atoms with Gasteiger partial charge in [-0.05, 0) is 66.2 Å². The molecule has 2 heterocycles. The van der Waals surface area contributed by atoms with Gasteiger partial charge in [0.05, 0.1) is 0 Å². The van der Waals surface area contributed by atoms with E-state index in [9.17, 15) is 23.4 Å². The summed E-state index contributed by atoms with van der Waals surface area (Å²) in [6.45, 7) is 7.98. The molecule has 0 aliphatic carbocycles. The summed E-state index contributed by atoms with van der Waals surface area (Å²) in [6, 6.07) is 12.2. The number of nitrogens with zero attached hydrogens (tertiary/aromatic N) is 2. The average molecular weight is 568 g/mol. The number of hydrogen-bond donors (Lipinski definition) is 3. The third-order valence-electron chi connectivity index (χ3n) is 7.18. The zero-order valence-electron chi connectivity index (χ0n) is 20.8. The van der Waals surface area contributed by atoms with Crippen LogP contribution in [0.2, 0.25) is 0 Å². The molecular formula is C27H33BrF3N3O2. The van der Waals surface area contributed by atoms with Gasteiger partial charge in [-0.15, -0.1) is 0 Å². The summed E-state index contributed by atoms with van der Waals surface area (Å²) in [7, 11) is 2.11. The molecule has 5 nitrogen and oxygen atoms in total. The maximum absolute atomic E-state index is 14.3. The van der Waals surface area contributed by atoms with Crippen LogP contribution in [0.25, 0.3) is 10.9 Å². The molecule has 0 amide bonds. The third kappa shape index (κ3) is 5.90. The summed E-state index contributed by atoms with van der Waals surface area (Å²) in [5.74, 6) is -0.105. The number of H-pyrrole nitrogens is 1. The Morgan fingerprint density at radius 3 is 2.36 bits per heavy atom. The van der Waals surface area contributed by atoms with E-state index in [1.54, 1.807) is 32.0 Å². The number of alkyl halides is 3. The van der Waals surface area contributed by atoms with Crippen LogP contribution in [-0.4, -0.2) is 70.0 Å². The molecule has 1 aliphatic heterocycles. The van der Waals surface area contributed by atoms with Crippen molar-refractivity contribution in [1.29, 1.82) is 0 Å². The van der Waals surface area contributed by atoms with Gasteiger partial charge in [-0.3, -0.25) is 4.90 Å². The van der Waals surface area contributed by atoms with Crippen LogP contribution in [0.5, 0.6) is 5.75 Å². The van der Waals surface area contributed by atoms with Gasteiger partial charge in [0.1, 0.15) is 5.75 Å². The lowest BCUT2D eigenvalue weighted by Crippen LogP contribution is -2.50. The Kier molecular flexibility index (Phi) is 7.50. The number of fused-ring (bicyclic) bond motifs is 1. The highest BCUT2D eigenvalue weighted by atomic mass is 79.9. The van der Waals surface area contributed by atoms with Crippen molar-refractivity contribution in [2.75, 3.05) is 33.2 Å². The van der Waals surface area contributed by atoms with Gasteiger partial charge in [0.25, 0.3) is 0 Å². The molecule has 1 aromatic heterocycles. The van der Waals surface area contributed by atoms with Gasteiger partial charge in [-0.1, -0.05) is 35.8 Å². The number of aromatic hydroxyl groups is 1. The Balaban J connectivity index is 1.57. The van der Waals surface area contributed by atoms with Crippen molar-refractivity contribution in [2.45, 2.75) is 50.4 Å². The molecule has 0 spiro atoms. The minimum atomic E-state index is -4.87. The van der Waals surface area contributed by atoms with Gasteiger partial charge >= 0.3 is 6.18 Å². The standard InChI is InChI=1S/C27H33BrF3N3O2/c1-25(2,22-14-20(28)5-7-24(22)35)17-26(36,27(29,30)31)15-21-13-19-12-18(4-6-23(19)32-21)16-34-10-8-33(3)9-11-34/h4-7,12-14,32,35-36H,8-11,15-17H2,1-3H3. The molecular weight excluding hydrogens is 535 g/mol. The number of likely N-dealkylation sites (N-methyl/N-ethyl adjacent to an activating group) is 1. The fraction of sp³-hybridized carbons (Fsp3) is 0.481. The monoisotopic (exact) mass is 567 g/mol. The molecule has 196 valence electrons. The average Bonchev–Trinajstić information content (AvgIpc) is 3.17. The van der Waals surface area contributed by atoms with Gasteiger partial charge in [-0.25, -0.2) is 0 Å². The summed E-state index contributed by atoms with van der Waals surface area (Å²) in [6.07, 6.45) is -6.09. The molecule has 3 N–H and O–H groups in total. The fourth-order valence-corrected chi connectivity index (χ4v) is 5.52. The van der Waals surface area contributed by atoms with E-state index >= 15 is 0 Å². The van der Waals surface area contributed by atoms with Crippen LogP contribution in [-0.2, 0) is 18.4 Å². The van der Waals surface area contributed by atoms with Crippen LogP contribution in [0.3, 0.4) is 0 Å². The number of halogens is 4. The smallest absolute Gasteiger partial charge is 0.417 e. The predicted molar refractivity (Wildman–Crippen MR) is 139 cm³/mol. The van der Waals surface area contributed by atoms with E-state index < -0.39 is 30.0 Å². The Morgan fingerprint density at radius 1 is 1.00 bits per heavy atom. The minimum Gasteiger partial charge on any atom is -0.508 e. The molecule has 3 aromatic rings. The lowest BCUT2D eigenvalue weighted by Gasteiger charge is -2.38. The SMILES string of the molecule is CN1CCN(Cc2ccc3[nH]c(CC(O)(CC(C)(C)c4cc(Br)ccc4O)C(F)(F)F)cc3c2)CC1. The normalized spacial score (nSPS) is 18.0. The number of phenols is 1. The quantitative estimate of drug-likeness (QED) is 0.348. The maximum Gasteiger partial charge on any atom is 0.417 e. The van der Waals surface area contributed by atoms with E-state index in [1.807, 2.05) is 18.2 Å². The number of hydrogen-bond acceptors (Lipinski definition) is 4. The molecule has 4 rings (SSSR count). The summed E-state index contributed by atoms with van der Waals surface area (Å²) in [5, 5.41) is 22.2. The third-order valence-corrected chi connectivity index (χ3v) is 7.67. The van der Waals surface area contributed by atoms with Gasteiger partial charge in [-0.2, -0.15) is 13.2 Å². The number of rotatable bonds is 7. The zero-order valence-corrected chi connectivity index (χ0v) is 22.4. The first-order chi connectivity index (χ1) is 16.8. The van der Waals surface area contributed by atoms with Gasteiger partial charge in [0, 0.05) is 60.4 Å². The molecule has 1 atom stereocenters. The maximum atomic E-state index is 14.3. The highest BCUT2D eigenvalue weighted by molar-refractivity contribution is 9.10. The Hall–Kier alpha value is -2.07. The molecule has 36 heavy (non-hydrogen) atoms. The van der Waals surface area contributed by atoms with E-state index in [4.69, 9.17) is 0 Å². The van der Waals surface area contributed by atoms with Crippen molar-refractivity contribution >= 4 is 26.8 Å². The zero-order chi connectivity index (χ0) is 26.3. The number of piperazine rings is 1. The van der Waals surface area contributed by atoms with E-state index in [1.165, 1.54) is 6.07 Å². The van der Waals surface area contributed by atoms with Crippen LogP contribution in [0.1, 0.15) is 37.1 Å². The second-order valence-electron chi connectivity index (χ2n) is 10.7. The first-order valence-corrected chi connectivity index (χ1v) is 12.8. The molecule has 9 heteroatoms. The number of aromatic amines is 1. The van der Waals surface area contributed by atoms with Crippen LogP contribution < -0.4 is 0 Å². The predicted octanol–water partition coefficient (Wildman–Crippen LogP) is 5.59. The first kappa shape index (κ1) is 27.0. The highest BCUT2D eigenvalue weighted by Crippen LogP contribution is 2.45. The van der Waals surface area contributed by atoms with E-state index in [-0.39, 0.29) is 5.75 Å². The van der Waals surface area contributed by atoms with Gasteiger partial charge in [0.2, 0.25) is 0 Å². The second-order valence-corrected chi connectivity index (χ2v) is 11.6. The van der Waals surface area contributed by atoms with Crippen LogP contribution in [0.4, 0.5) is 13.2 Å². The summed E-state index contributed by atoms with van der Waals surface area (Å²) in [5.41, 5.74) is -1.65. The molecule has 2 aromatic carbocycles. The van der Waals surface area contributed by atoms with Gasteiger partial charge in [0.15, 0.2) is 5.60 Å². The molecule has 0 bridgehead atoms. The van der Waals surface area contributed by atoms with Crippen molar-refractivity contribution in [3.05, 3.63) is 63.8 Å². The Labute approximate surface area is 218 Å². The van der Waals surface area contributed by atoms with Crippen molar-refractivity contribution in [3.63, 3.8) is 0 Å². The number of aromatic nitrogens is 1. The van der Waals surface area contributed by atoms with Gasteiger partial charge < -0.3 is 20.1 Å². The number of phenolic OH excluding ortho intramolecular Hbond substituents is 1. The second kappa shape index (κ2) is 10.0. The summed E-state index contributed by atoms with van der Waals surface area (Å²) in [4.78, 5) is 7.73. The largest absolute Gasteiger partial charge is 0.508 e. The molecule has 1 saturated heterocycles. The molecule has 1 fully saturated rings. The molecule has 1 unspecified atom stereocenters. The van der Waals surface area contributed by atoms with E-state index in [0.717, 1.165) is 49.2 Å². The summed E-state index contributed by atoms with van der Waals surface area (Å²) >= 11 is 3.31. The minimum absolute atomic E-state index is 0.105. The van der Waals surface area contributed by atoms with Crippen LogP contribution >= 0.6 is 15.9 Å². The Morgan fingerprint density at radius 2 is 1.69 bits per heavy atom.